The molecule has 2 rings (SSSR count). The fourth-order valence-corrected chi connectivity index (χ4v) is 2.45. The normalized spacial score (nSPS) is 23.9. The summed E-state index contributed by atoms with van der Waals surface area (Å²) in [7, 11) is 0. The van der Waals surface area contributed by atoms with Gasteiger partial charge in [0, 0.05) is 11.1 Å². The van der Waals surface area contributed by atoms with Crippen molar-refractivity contribution in [1.82, 2.24) is 5.32 Å². The molecular formula is C14H17ClN2O. The minimum atomic E-state index is -0.120. The maximum absolute atomic E-state index is 12.0. The van der Waals surface area contributed by atoms with Crippen LogP contribution in [0, 0.1) is 5.92 Å². The van der Waals surface area contributed by atoms with Gasteiger partial charge in [0.15, 0.2) is 0 Å². The van der Waals surface area contributed by atoms with Gasteiger partial charge in [0.1, 0.15) is 0 Å². The molecule has 1 aromatic rings. The van der Waals surface area contributed by atoms with Gasteiger partial charge < -0.3 is 11.1 Å². The molecule has 3 nitrogen and oxygen atoms in total. The van der Waals surface area contributed by atoms with Crippen molar-refractivity contribution in [3.63, 3.8) is 0 Å². The summed E-state index contributed by atoms with van der Waals surface area (Å²) >= 11 is 6.10. The maximum atomic E-state index is 12.0. The molecule has 1 amide bonds. The van der Waals surface area contributed by atoms with E-state index in [4.69, 9.17) is 17.3 Å². The first-order valence-electron chi connectivity index (χ1n) is 6.06. The number of carbonyl (C=O) groups is 1. The number of rotatable bonds is 3. The topological polar surface area (TPSA) is 55.1 Å². The predicted octanol–water partition coefficient (Wildman–Crippen LogP) is 2.42. The van der Waals surface area contributed by atoms with Crippen molar-refractivity contribution < 1.29 is 4.79 Å². The van der Waals surface area contributed by atoms with Gasteiger partial charge in [-0.2, -0.15) is 0 Å². The van der Waals surface area contributed by atoms with Gasteiger partial charge in [-0.15, -0.1) is 0 Å². The molecule has 1 aliphatic rings. The summed E-state index contributed by atoms with van der Waals surface area (Å²) in [6.45, 7) is 1.93. The summed E-state index contributed by atoms with van der Waals surface area (Å²) in [5.74, 6) is -0.114. The van der Waals surface area contributed by atoms with Crippen LogP contribution >= 0.6 is 11.6 Å². The lowest BCUT2D eigenvalue weighted by Crippen LogP contribution is -2.32. The lowest BCUT2D eigenvalue weighted by atomic mass is 10.0. The van der Waals surface area contributed by atoms with Gasteiger partial charge in [-0.3, -0.25) is 4.79 Å². The van der Waals surface area contributed by atoms with Crippen molar-refractivity contribution in [2.45, 2.75) is 25.4 Å². The summed E-state index contributed by atoms with van der Waals surface area (Å²) in [6.07, 6.45) is 4.44. The molecule has 96 valence electrons. The second-order valence-corrected chi connectivity index (χ2v) is 5.05. The Morgan fingerprint density at radius 1 is 1.44 bits per heavy atom. The van der Waals surface area contributed by atoms with E-state index in [0.717, 1.165) is 5.56 Å². The van der Waals surface area contributed by atoms with E-state index in [1.807, 2.05) is 43.3 Å². The van der Waals surface area contributed by atoms with E-state index in [0.29, 0.717) is 11.4 Å². The first kappa shape index (κ1) is 13.1. The Balaban J connectivity index is 2.00. The first-order valence-corrected chi connectivity index (χ1v) is 6.44. The quantitative estimate of drug-likeness (QED) is 0.824. The summed E-state index contributed by atoms with van der Waals surface area (Å²) in [5, 5.41) is 3.64. The zero-order valence-corrected chi connectivity index (χ0v) is 11.0. The van der Waals surface area contributed by atoms with E-state index < -0.39 is 0 Å². The second kappa shape index (κ2) is 5.55. The Bertz CT molecular complexity index is 473. The summed E-state index contributed by atoms with van der Waals surface area (Å²) in [4.78, 5) is 12.0. The summed E-state index contributed by atoms with van der Waals surface area (Å²) in [6, 6.07) is 7.43. The fraction of sp³-hybridized carbons (Fsp3) is 0.357. The third-order valence-corrected chi connectivity index (χ3v) is 3.53. The van der Waals surface area contributed by atoms with Crippen molar-refractivity contribution >= 4 is 17.5 Å². The molecule has 1 aromatic carbocycles. The van der Waals surface area contributed by atoms with E-state index in [2.05, 4.69) is 5.32 Å². The van der Waals surface area contributed by atoms with Crippen molar-refractivity contribution in [3.05, 3.63) is 47.0 Å². The molecule has 2 unspecified atom stereocenters. The van der Waals surface area contributed by atoms with Crippen molar-refractivity contribution in [3.8, 4) is 0 Å². The van der Waals surface area contributed by atoms with Crippen LogP contribution in [0.25, 0.3) is 0 Å². The molecule has 0 saturated carbocycles. The van der Waals surface area contributed by atoms with Gasteiger partial charge in [0.25, 0.3) is 0 Å². The second-order valence-electron chi connectivity index (χ2n) is 4.64. The average molecular weight is 265 g/mol. The summed E-state index contributed by atoms with van der Waals surface area (Å²) < 4.78 is 0. The van der Waals surface area contributed by atoms with Crippen LogP contribution in [0.3, 0.4) is 0 Å². The predicted molar refractivity (Wildman–Crippen MR) is 73.2 cm³/mol. The number of nitrogens with one attached hydrogen (secondary N) is 1. The van der Waals surface area contributed by atoms with Gasteiger partial charge in [0.2, 0.25) is 5.91 Å². The molecule has 1 aliphatic carbocycles. The lowest BCUT2D eigenvalue weighted by molar-refractivity contribution is -0.124. The maximum Gasteiger partial charge on any atom is 0.227 e. The van der Waals surface area contributed by atoms with Crippen molar-refractivity contribution in [1.29, 1.82) is 0 Å². The number of benzene rings is 1. The largest absolute Gasteiger partial charge is 0.349 e. The van der Waals surface area contributed by atoms with Crippen LogP contribution in [0.5, 0.6) is 0 Å². The fourth-order valence-electron chi connectivity index (χ4n) is 2.15. The standard InChI is InChI=1S/C14H17ClN2O/c1-9(12-4-2-3-5-13(12)15)17-14(18)10-6-7-11(16)8-10/h2-7,9-11H,8,16H2,1H3,(H,17,18)/t9-,10?,11?/m1/s1. The van der Waals surface area contributed by atoms with Crippen LogP contribution < -0.4 is 11.1 Å². The molecule has 3 N–H and O–H groups in total. The highest BCUT2D eigenvalue weighted by molar-refractivity contribution is 6.31. The van der Waals surface area contributed by atoms with Crippen LogP contribution in [0.4, 0.5) is 0 Å². The number of nitrogens with two attached hydrogens (primary N) is 1. The van der Waals surface area contributed by atoms with E-state index in [9.17, 15) is 4.79 Å². The smallest absolute Gasteiger partial charge is 0.227 e. The Morgan fingerprint density at radius 2 is 2.17 bits per heavy atom. The average Bonchev–Trinajstić information content (AvgIpc) is 2.76. The van der Waals surface area contributed by atoms with Crippen molar-refractivity contribution in [2.24, 2.45) is 11.7 Å². The molecule has 0 aliphatic heterocycles. The van der Waals surface area contributed by atoms with Crippen LogP contribution in [0.2, 0.25) is 5.02 Å². The molecule has 4 heteroatoms. The number of hydrogen-bond donors (Lipinski definition) is 2. The third kappa shape index (κ3) is 2.92. The van der Waals surface area contributed by atoms with E-state index in [1.54, 1.807) is 0 Å². The zero-order chi connectivity index (χ0) is 13.1. The minimum absolute atomic E-state index is 0.00336. The number of carbonyl (C=O) groups excluding carboxylic acids is 1. The highest BCUT2D eigenvalue weighted by Crippen LogP contribution is 2.23. The van der Waals surface area contributed by atoms with E-state index in [-0.39, 0.29) is 23.9 Å². The van der Waals surface area contributed by atoms with Gasteiger partial charge in [-0.05, 0) is 25.0 Å². The molecule has 0 spiro atoms. The number of amides is 1. The van der Waals surface area contributed by atoms with Crippen LogP contribution in [-0.4, -0.2) is 11.9 Å². The Labute approximate surface area is 112 Å². The van der Waals surface area contributed by atoms with Gasteiger partial charge >= 0.3 is 0 Å². The van der Waals surface area contributed by atoms with Gasteiger partial charge in [-0.1, -0.05) is 42.0 Å². The highest BCUT2D eigenvalue weighted by Gasteiger charge is 2.24. The molecule has 3 atom stereocenters. The highest BCUT2D eigenvalue weighted by atomic mass is 35.5. The monoisotopic (exact) mass is 264 g/mol. The van der Waals surface area contributed by atoms with Gasteiger partial charge in [-0.25, -0.2) is 0 Å². The van der Waals surface area contributed by atoms with Crippen LogP contribution in [0.1, 0.15) is 24.9 Å². The Kier molecular flexibility index (Phi) is 4.04. The molecule has 0 aromatic heterocycles. The lowest BCUT2D eigenvalue weighted by Gasteiger charge is -2.18. The third-order valence-electron chi connectivity index (χ3n) is 3.18. The molecule has 18 heavy (non-hydrogen) atoms. The molecule has 0 heterocycles. The molecule has 0 bridgehead atoms. The first-order chi connectivity index (χ1) is 8.58. The Morgan fingerprint density at radius 3 is 2.78 bits per heavy atom. The van der Waals surface area contributed by atoms with Crippen LogP contribution in [0.15, 0.2) is 36.4 Å². The van der Waals surface area contributed by atoms with Crippen LogP contribution in [-0.2, 0) is 4.79 Å². The van der Waals surface area contributed by atoms with Gasteiger partial charge in [0.05, 0.1) is 12.0 Å². The van der Waals surface area contributed by atoms with E-state index >= 15 is 0 Å². The minimum Gasteiger partial charge on any atom is -0.349 e. The van der Waals surface area contributed by atoms with E-state index in [1.165, 1.54) is 0 Å². The summed E-state index contributed by atoms with van der Waals surface area (Å²) in [5.41, 5.74) is 6.67. The number of hydrogen-bond acceptors (Lipinski definition) is 2. The number of halogens is 1. The molecule has 0 radical (unpaired) electrons. The zero-order valence-electron chi connectivity index (χ0n) is 10.3. The van der Waals surface area contributed by atoms with Crippen molar-refractivity contribution in [2.75, 3.05) is 0 Å². The molecular weight excluding hydrogens is 248 g/mol. The SMILES string of the molecule is C[C@@H](NC(=O)C1C=CC(N)C1)c1ccccc1Cl. The molecule has 0 fully saturated rings. The Hall–Kier alpha value is -1.32. The molecule has 0 saturated heterocycles.